The van der Waals surface area contributed by atoms with E-state index in [-0.39, 0.29) is 18.2 Å². The van der Waals surface area contributed by atoms with Crippen molar-refractivity contribution in [2.45, 2.75) is 64.1 Å². The molecule has 4 N–H and O–H groups in total. The average molecular weight is 508 g/mol. The SMILES string of the molecule is CC(C)c1nc2c(c(-c3ccc(F)cc3)c1/C=C/[C@@H](O)C[C@@H](O)CC(=O)O)CCCc1nc(=O)[nH]cc1-2. The number of aliphatic carboxylic acids is 1. The summed E-state index contributed by atoms with van der Waals surface area (Å²) in [4.78, 5) is 34.6. The average Bonchev–Trinajstić information content (AvgIpc) is 3.00. The number of aryl methyl sites for hydroxylation is 1. The highest BCUT2D eigenvalue weighted by molar-refractivity contribution is 5.85. The summed E-state index contributed by atoms with van der Waals surface area (Å²) in [6.07, 6.45) is 4.06. The van der Waals surface area contributed by atoms with E-state index >= 15 is 0 Å². The van der Waals surface area contributed by atoms with Crippen LogP contribution in [0.2, 0.25) is 0 Å². The predicted octanol–water partition coefficient (Wildman–Crippen LogP) is 3.85. The van der Waals surface area contributed by atoms with E-state index in [0.29, 0.717) is 24.2 Å². The number of benzene rings is 1. The normalized spacial score (nSPS) is 14.8. The van der Waals surface area contributed by atoms with Crippen LogP contribution < -0.4 is 5.69 Å². The molecule has 3 aromatic rings. The van der Waals surface area contributed by atoms with Crippen molar-refractivity contribution < 1.29 is 24.5 Å². The molecule has 0 spiro atoms. The van der Waals surface area contributed by atoms with E-state index in [4.69, 9.17) is 10.1 Å². The van der Waals surface area contributed by atoms with Gasteiger partial charge < -0.3 is 20.3 Å². The highest BCUT2D eigenvalue weighted by Gasteiger charge is 2.26. The Kier molecular flexibility index (Phi) is 7.94. The van der Waals surface area contributed by atoms with Crippen molar-refractivity contribution in [1.82, 2.24) is 15.0 Å². The van der Waals surface area contributed by atoms with Crippen molar-refractivity contribution >= 4 is 12.0 Å². The van der Waals surface area contributed by atoms with Gasteiger partial charge in [0.2, 0.25) is 0 Å². The topological polar surface area (TPSA) is 136 Å². The van der Waals surface area contributed by atoms with Crippen LogP contribution in [0.25, 0.3) is 28.5 Å². The number of carboxylic acids is 1. The number of hydrogen-bond acceptors (Lipinski definition) is 6. The quantitative estimate of drug-likeness (QED) is 0.364. The van der Waals surface area contributed by atoms with Crippen molar-refractivity contribution in [2.24, 2.45) is 0 Å². The van der Waals surface area contributed by atoms with E-state index in [2.05, 4.69) is 9.97 Å². The van der Waals surface area contributed by atoms with Gasteiger partial charge in [0, 0.05) is 23.7 Å². The maximum atomic E-state index is 13.8. The molecule has 1 aliphatic rings. The number of aromatic amines is 1. The monoisotopic (exact) mass is 507 g/mol. The Labute approximate surface area is 213 Å². The first-order valence-electron chi connectivity index (χ1n) is 12.3. The second-order valence-corrected chi connectivity index (χ2v) is 9.61. The van der Waals surface area contributed by atoms with Crippen LogP contribution in [0.5, 0.6) is 0 Å². The number of aromatic nitrogens is 3. The molecule has 1 aromatic carbocycles. The first-order chi connectivity index (χ1) is 17.6. The molecule has 194 valence electrons. The van der Waals surface area contributed by atoms with Gasteiger partial charge in [0.05, 0.1) is 35.7 Å². The minimum atomic E-state index is -1.19. The third-order valence-corrected chi connectivity index (χ3v) is 6.44. The molecule has 2 aromatic heterocycles. The van der Waals surface area contributed by atoms with Crippen LogP contribution in [0.15, 0.2) is 41.3 Å². The highest BCUT2D eigenvalue weighted by atomic mass is 19.1. The van der Waals surface area contributed by atoms with Crippen LogP contribution >= 0.6 is 0 Å². The first kappa shape index (κ1) is 26.4. The number of nitrogens with zero attached hydrogens (tertiary/aromatic N) is 2. The number of H-pyrrole nitrogens is 1. The number of aliphatic hydroxyl groups is 2. The summed E-state index contributed by atoms with van der Waals surface area (Å²) in [6.45, 7) is 3.99. The van der Waals surface area contributed by atoms with E-state index in [1.165, 1.54) is 18.2 Å². The number of carbonyl (C=O) groups is 1. The lowest BCUT2D eigenvalue weighted by atomic mass is 9.87. The lowest BCUT2D eigenvalue weighted by molar-refractivity contribution is -0.139. The lowest BCUT2D eigenvalue weighted by Gasteiger charge is -2.22. The molecule has 2 heterocycles. The van der Waals surface area contributed by atoms with Gasteiger partial charge in [-0.3, -0.25) is 9.78 Å². The fourth-order valence-corrected chi connectivity index (χ4v) is 4.79. The number of rotatable bonds is 8. The molecule has 0 bridgehead atoms. The number of nitrogens with one attached hydrogen (secondary N) is 1. The summed E-state index contributed by atoms with van der Waals surface area (Å²) in [5, 5.41) is 29.3. The van der Waals surface area contributed by atoms with Crippen LogP contribution in [-0.4, -0.2) is 48.4 Å². The summed E-state index contributed by atoms with van der Waals surface area (Å²) < 4.78 is 13.8. The molecule has 0 saturated heterocycles. The Morgan fingerprint density at radius 3 is 2.57 bits per heavy atom. The third-order valence-electron chi connectivity index (χ3n) is 6.44. The molecule has 0 fully saturated rings. The van der Waals surface area contributed by atoms with E-state index < -0.39 is 30.3 Å². The largest absolute Gasteiger partial charge is 0.481 e. The van der Waals surface area contributed by atoms with E-state index in [1.807, 2.05) is 13.8 Å². The smallest absolute Gasteiger partial charge is 0.345 e. The van der Waals surface area contributed by atoms with Crippen molar-refractivity contribution in [3.8, 4) is 22.4 Å². The van der Waals surface area contributed by atoms with Gasteiger partial charge in [0.1, 0.15) is 5.82 Å². The fraction of sp³-hybridized carbons (Fsp3) is 0.357. The molecule has 0 unspecified atom stereocenters. The Bertz CT molecular complexity index is 1380. The van der Waals surface area contributed by atoms with Gasteiger partial charge >= 0.3 is 11.7 Å². The van der Waals surface area contributed by atoms with E-state index in [9.17, 15) is 24.2 Å². The number of aliphatic hydroxyl groups excluding tert-OH is 2. The lowest BCUT2D eigenvalue weighted by Crippen LogP contribution is -2.19. The number of carboxylic acid groups (broad SMARTS) is 1. The van der Waals surface area contributed by atoms with Gasteiger partial charge in [0.25, 0.3) is 0 Å². The summed E-state index contributed by atoms with van der Waals surface area (Å²) in [7, 11) is 0. The minimum absolute atomic E-state index is 0.0266. The molecule has 0 aliphatic heterocycles. The Balaban J connectivity index is 1.92. The third kappa shape index (κ3) is 6.00. The number of halogens is 1. The molecule has 0 amide bonds. The molecule has 9 heteroatoms. The molecule has 1 aliphatic carbocycles. The van der Waals surface area contributed by atoms with Gasteiger partial charge in [-0.2, -0.15) is 4.98 Å². The molecule has 37 heavy (non-hydrogen) atoms. The number of fused-ring (bicyclic) bond motifs is 3. The Morgan fingerprint density at radius 2 is 1.89 bits per heavy atom. The van der Waals surface area contributed by atoms with Crippen molar-refractivity contribution in [3.63, 3.8) is 0 Å². The highest BCUT2D eigenvalue weighted by Crippen LogP contribution is 2.41. The van der Waals surface area contributed by atoms with Crippen molar-refractivity contribution in [3.05, 3.63) is 75.4 Å². The summed E-state index contributed by atoms with van der Waals surface area (Å²) in [6, 6.07) is 6.20. The maximum absolute atomic E-state index is 13.8. The number of pyridine rings is 1. The standard InChI is InChI=1S/C28H30FN3O5/c1-15(2)26-21(11-10-18(33)12-19(34)13-24(35)36)25(16-6-8-17(29)9-7-16)20-4-3-5-23-22(27(20)32-26)14-30-28(37)31-23/h6-11,14-15,18-19,33-34H,3-5,12-13H2,1-2H3,(H,35,36)(H,30,31,37)/b11-10+/t18-,19-/m1/s1. The van der Waals surface area contributed by atoms with Crippen LogP contribution in [-0.2, 0) is 17.6 Å². The van der Waals surface area contributed by atoms with Crippen LogP contribution in [0, 0.1) is 5.82 Å². The fourth-order valence-electron chi connectivity index (χ4n) is 4.79. The molecule has 0 saturated carbocycles. The summed E-state index contributed by atoms with van der Waals surface area (Å²) in [5.41, 5.74) is 5.80. The van der Waals surface area contributed by atoms with E-state index in [1.54, 1.807) is 24.4 Å². The molecular weight excluding hydrogens is 477 g/mol. The molecule has 4 rings (SSSR count). The minimum Gasteiger partial charge on any atom is -0.481 e. The number of hydrogen-bond donors (Lipinski definition) is 4. The van der Waals surface area contributed by atoms with Crippen LogP contribution in [0.1, 0.15) is 61.5 Å². The zero-order valence-electron chi connectivity index (χ0n) is 20.7. The van der Waals surface area contributed by atoms with Gasteiger partial charge in [-0.25, -0.2) is 9.18 Å². The van der Waals surface area contributed by atoms with Crippen LogP contribution in [0.4, 0.5) is 4.39 Å². The van der Waals surface area contributed by atoms with E-state index in [0.717, 1.165) is 39.9 Å². The second kappa shape index (κ2) is 11.1. The molecular formula is C28H30FN3O5. The Morgan fingerprint density at radius 1 is 1.16 bits per heavy atom. The zero-order valence-corrected chi connectivity index (χ0v) is 20.7. The van der Waals surface area contributed by atoms with Gasteiger partial charge in [0.15, 0.2) is 0 Å². The first-order valence-corrected chi connectivity index (χ1v) is 12.3. The van der Waals surface area contributed by atoms with Crippen molar-refractivity contribution in [1.29, 1.82) is 0 Å². The Hall–Kier alpha value is -3.69. The van der Waals surface area contributed by atoms with Crippen LogP contribution in [0.3, 0.4) is 0 Å². The summed E-state index contributed by atoms with van der Waals surface area (Å²) >= 11 is 0. The van der Waals surface area contributed by atoms with Gasteiger partial charge in [-0.05, 0) is 54.0 Å². The second-order valence-electron chi connectivity index (χ2n) is 9.61. The molecule has 8 nitrogen and oxygen atoms in total. The van der Waals surface area contributed by atoms with Gasteiger partial charge in [-0.15, -0.1) is 0 Å². The molecule has 0 radical (unpaired) electrons. The zero-order chi connectivity index (χ0) is 26.7. The predicted molar refractivity (Wildman–Crippen MR) is 138 cm³/mol. The maximum Gasteiger partial charge on any atom is 0.345 e. The van der Waals surface area contributed by atoms with Crippen molar-refractivity contribution in [2.75, 3.05) is 0 Å². The van der Waals surface area contributed by atoms with Gasteiger partial charge in [-0.1, -0.05) is 38.1 Å². The summed E-state index contributed by atoms with van der Waals surface area (Å²) in [5.74, 6) is -1.53. The molecule has 2 atom stereocenters.